The van der Waals surface area contributed by atoms with Gasteiger partial charge in [-0.1, -0.05) is 30.7 Å². The Kier molecular flexibility index (Phi) is 6.69. The maximum absolute atomic E-state index is 5.92. The predicted molar refractivity (Wildman–Crippen MR) is 80.3 cm³/mol. The molecule has 18 heavy (non-hydrogen) atoms. The third kappa shape index (κ3) is 4.60. The summed E-state index contributed by atoms with van der Waals surface area (Å²) in [5.41, 5.74) is 1.31. The molecular weight excluding hydrogens is 244 g/mol. The topological polar surface area (TPSA) is 15.3 Å². The number of rotatable bonds is 7. The van der Waals surface area contributed by atoms with Crippen LogP contribution in [0.1, 0.15) is 38.3 Å². The van der Waals surface area contributed by atoms with E-state index in [0.717, 1.165) is 18.0 Å². The van der Waals surface area contributed by atoms with Crippen LogP contribution in [-0.2, 0) is 0 Å². The number of nitrogens with zero attached hydrogens (tertiary/aromatic N) is 1. The van der Waals surface area contributed by atoms with E-state index in [-0.39, 0.29) is 0 Å². The minimum Gasteiger partial charge on any atom is -0.313 e. The summed E-state index contributed by atoms with van der Waals surface area (Å²) in [6.45, 7) is 5.61. The minimum atomic E-state index is 0.397. The number of nitrogens with one attached hydrogen (secondary N) is 1. The molecule has 1 rings (SSSR count). The molecule has 2 nitrogen and oxygen atoms in total. The average Bonchev–Trinajstić information content (AvgIpc) is 2.40. The maximum atomic E-state index is 5.92. The zero-order valence-corrected chi connectivity index (χ0v) is 12.7. The highest BCUT2D eigenvalue weighted by atomic mass is 35.5. The van der Waals surface area contributed by atoms with Crippen LogP contribution in [0.2, 0.25) is 5.02 Å². The fourth-order valence-corrected chi connectivity index (χ4v) is 2.16. The first kappa shape index (κ1) is 15.5. The van der Waals surface area contributed by atoms with Gasteiger partial charge in [-0.3, -0.25) is 0 Å². The number of halogens is 1. The van der Waals surface area contributed by atoms with E-state index in [4.69, 9.17) is 11.6 Å². The third-order valence-corrected chi connectivity index (χ3v) is 3.99. The van der Waals surface area contributed by atoms with E-state index in [1.54, 1.807) is 0 Å². The SMILES string of the molecule is CCC(C)N(C)CCC(NC)c1ccc(Cl)cc1. The van der Waals surface area contributed by atoms with Crippen molar-refractivity contribution < 1.29 is 0 Å². The fourth-order valence-electron chi connectivity index (χ4n) is 2.04. The second-order valence-electron chi connectivity index (χ2n) is 4.92. The highest BCUT2D eigenvalue weighted by Gasteiger charge is 2.12. The van der Waals surface area contributed by atoms with Gasteiger partial charge in [0, 0.05) is 17.1 Å². The first-order valence-electron chi connectivity index (χ1n) is 6.71. The molecule has 1 aromatic rings. The molecule has 0 fully saturated rings. The molecule has 102 valence electrons. The summed E-state index contributed by atoms with van der Waals surface area (Å²) in [6, 6.07) is 9.17. The fraction of sp³-hybridized carbons (Fsp3) is 0.600. The van der Waals surface area contributed by atoms with Gasteiger partial charge in [-0.15, -0.1) is 0 Å². The minimum absolute atomic E-state index is 0.397. The summed E-state index contributed by atoms with van der Waals surface area (Å²) in [7, 11) is 4.21. The molecule has 0 aliphatic carbocycles. The standard InChI is InChI=1S/C15H25ClN2/c1-5-12(2)18(4)11-10-15(17-3)13-6-8-14(16)9-7-13/h6-9,12,15,17H,5,10-11H2,1-4H3. The van der Waals surface area contributed by atoms with Crippen molar-refractivity contribution in [2.75, 3.05) is 20.6 Å². The van der Waals surface area contributed by atoms with Crippen molar-refractivity contribution in [3.63, 3.8) is 0 Å². The molecule has 3 heteroatoms. The molecule has 2 atom stereocenters. The molecule has 0 amide bonds. The van der Waals surface area contributed by atoms with Crippen molar-refractivity contribution in [2.45, 2.75) is 38.8 Å². The summed E-state index contributed by atoms with van der Waals surface area (Å²) in [6.07, 6.45) is 2.31. The normalized spacial score (nSPS) is 14.8. The van der Waals surface area contributed by atoms with Crippen molar-refractivity contribution in [1.29, 1.82) is 0 Å². The Bertz CT molecular complexity index is 337. The first-order chi connectivity index (χ1) is 8.58. The predicted octanol–water partition coefficient (Wildman–Crippen LogP) is 3.72. The molecule has 0 saturated carbocycles. The van der Waals surface area contributed by atoms with Crippen LogP contribution in [0.5, 0.6) is 0 Å². The zero-order chi connectivity index (χ0) is 13.5. The lowest BCUT2D eigenvalue weighted by Gasteiger charge is -2.26. The Morgan fingerprint density at radius 3 is 2.39 bits per heavy atom. The van der Waals surface area contributed by atoms with Crippen LogP contribution in [-0.4, -0.2) is 31.6 Å². The van der Waals surface area contributed by atoms with Crippen LogP contribution in [0.4, 0.5) is 0 Å². The van der Waals surface area contributed by atoms with Gasteiger partial charge >= 0.3 is 0 Å². The van der Waals surface area contributed by atoms with Gasteiger partial charge in [-0.25, -0.2) is 0 Å². The molecule has 0 bridgehead atoms. The van der Waals surface area contributed by atoms with Crippen LogP contribution >= 0.6 is 11.6 Å². The number of benzene rings is 1. The first-order valence-corrected chi connectivity index (χ1v) is 7.09. The van der Waals surface area contributed by atoms with Gasteiger partial charge in [0.15, 0.2) is 0 Å². The summed E-state index contributed by atoms with van der Waals surface area (Å²) < 4.78 is 0. The van der Waals surface area contributed by atoms with Crippen molar-refractivity contribution in [2.24, 2.45) is 0 Å². The van der Waals surface area contributed by atoms with E-state index < -0.39 is 0 Å². The molecule has 0 aliphatic rings. The maximum Gasteiger partial charge on any atom is 0.0406 e. The molecule has 0 aromatic heterocycles. The summed E-state index contributed by atoms with van der Waals surface area (Å²) >= 11 is 5.92. The zero-order valence-electron chi connectivity index (χ0n) is 11.9. The molecule has 0 radical (unpaired) electrons. The summed E-state index contributed by atoms with van der Waals surface area (Å²) in [5, 5.41) is 4.18. The number of hydrogen-bond acceptors (Lipinski definition) is 2. The monoisotopic (exact) mass is 268 g/mol. The lowest BCUT2D eigenvalue weighted by atomic mass is 10.0. The van der Waals surface area contributed by atoms with Gasteiger partial charge in [0.1, 0.15) is 0 Å². The Morgan fingerprint density at radius 1 is 1.28 bits per heavy atom. The molecule has 0 spiro atoms. The molecule has 1 N–H and O–H groups in total. The second kappa shape index (κ2) is 7.78. The van der Waals surface area contributed by atoms with E-state index in [2.05, 4.69) is 43.2 Å². The van der Waals surface area contributed by atoms with E-state index in [1.807, 2.05) is 19.2 Å². The largest absolute Gasteiger partial charge is 0.313 e. The number of hydrogen-bond donors (Lipinski definition) is 1. The van der Waals surface area contributed by atoms with Crippen LogP contribution in [0.3, 0.4) is 0 Å². The van der Waals surface area contributed by atoms with Crippen molar-refractivity contribution in [3.05, 3.63) is 34.9 Å². The third-order valence-electron chi connectivity index (χ3n) is 3.73. The summed E-state index contributed by atoms with van der Waals surface area (Å²) in [4.78, 5) is 2.42. The Hall–Kier alpha value is -0.570. The van der Waals surface area contributed by atoms with Gasteiger partial charge in [0.05, 0.1) is 0 Å². The Labute approximate surface area is 116 Å². The van der Waals surface area contributed by atoms with Crippen LogP contribution in [0.25, 0.3) is 0 Å². The molecule has 0 heterocycles. The van der Waals surface area contributed by atoms with E-state index in [1.165, 1.54) is 12.0 Å². The lowest BCUT2D eigenvalue weighted by molar-refractivity contribution is 0.239. The van der Waals surface area contributed by atoms with Crippen LogP contribution in [0.15, 0.2) is 24.3 Å². The quantitative estimate of drug-likeness (QED) is 0.811. The molecule has 0 saturated heterocycles. The van der Waals surface area contributed by atoms with E-state index >= 15 is 0 Å². The Balaban J connectivity index is 2.54. The van der Waals surface area contributed by atoms with Gasteiger partial charge in [0.25, 0.3) is 0 Å². The molecular formula is C15H25ClN2. The Morgan fingerprint density at radius 2 is 1.89 bits per heavy atom. The van der Waals surface area contributed by atoms with Gasteiger partial charge < -0.3 is 10.2 Å². The highest BCUT2D eigenvalue weighted by molar-refractivity contribution is 6.30. The van der Waals surface area contributed by atoms with Crippen LogP contribution in [0, 0.1) is 0 Å². The van der Waals surface area contributed by atoms with Gasteiger partial charge in [-0.2, -0.15) is 0 Å². The van der Waals surface area contributed by atoms with Crippen molar-refractivity contribution in [1.82, 2.24) is 10.2 Å². The average molecular weight is 269 g/mol. The molecule has 2 unspecified atom stereocenters. The second-order valence-corrected chi connectivity index (χ2v) is 5.36. The highest BCUT2D eigenvalue weighted by Crippen LogP contribution is 2.19. The van der Waals surface area contributed by atoms with Gasteiger partial charge in [0.2, 0.25) is 0 Å². The van der Waals surface area contributed by atoms with Crippen molar-refractivity contribution >= 4 is 11.6 Å². The lowest BCUT2D eigenvalue weighted by Crippen LogP contribution is -2.31. The van der Waals surface area contributed by atoms with E-state index in [9.17, 15) is 0 Å². The molecule has 1 aromatic carbocycles. The molecule has 0 aliphatic heterocycles. The van der Waals surface area contributed by atoms with E-state index in [0.29, 0.717) is 12.1 Å². The van der Waals surface area contributed by atoms with Gasteiger partial charge in [-0.05, 0) is 58.1 Å². The van der Waals surface area contributed by atoms with Crippen molar-refractivity contribution in [3.8, 4) is 0 Å². The smallest absolute Gasteiger partial charge is 0.0406 e. The van der Waals surface area contributed by atoms with Crippen LogP contribution < -0.4 is 5.32 Å². The summed E-state index contributed by atoms with van der Waals surface area (Å²) in [5.74, 6) is 0.